The van der Waals surface area contributed by atoms with Crippen molar-refractivity contribution < 1.29 is 4.79 Å². The number of benzene rings is 1. The third-order valence-electron chi connectivity index (χ3n) is 4.71. The molecule has 4 aromatic rings. The van der Waals surface area contributed by atoms with Crippen molar-refractivity contribution in [3.8, 4) is 0 Å². The van der Waals surface area contributed by atoms with Crippen LogP contribution < -0.4 is 10.6 Å². The van der Waals surface area contributed by atoms with Gasteiger partial charge in [0.1, 0.15) is 5.82 Å². The van der Waals surface area contributed by atoms with Gasteiger partial charge in [-0.3, -0.25) is 9.78 Å². The quantitative estimate of drug-likeness (QED) is 0.471. The van der Waals surface area contributed by atoms with Crippen LogP contribution in [0.3, 0.4) is 0 Å². The second-order valence-electron chi connectivity index (χ2n) is 7.08. The average molecular weight is 401 g/mol. The molecule has 0 aliphatic carbocycles. The van der Waals surface area contributed by atoms with E-state index in [1.807, 2.05) is 61.7 Å². The number of hydrogen-bond acceptors (Lipinski definition) is 6. The van der Waals surface area contributed by atoms with Crippen molar-refractivity contribution in [3.05, 3.63) is 83.4 Å². The van der Waals surface area contributed by atoms with Crippen molar-refractivity contribution in [2.45, 2.75) is 32.9 Å². The van der Waals surface area contributed by atoms with Crippen molar-refractivity contribution in [2.24, 2.45) is 0 Å². The summed E-state index contributed by atoms with van der Waals surface area (Å²) in [6.45, 7) is 3.17. The summed E-state index contributed by atoms with van der Waals surface area (Å²) in [6.07, 6.45) is 4.33. The second-order valence-corrected chi connectivity index (χ2v) is 7.08. The maximum absolute atomic E-state index is 12.2. The number of pyridine rings is 1. The standard InChI is InChI=1S/C22H23N7O/c1-16-4-6-17(7-5-16)14-25-22(30)11-10-21-27-26-20-9-8-19(28-29(20)21)24-15-18-3-2-12-23-13-18/h2-9,12-13H,10-11,14-15H2,1H3,(H,24,28)(H,25,30). The van der Waals surface area contributed by atoms with Crippen molar-refractivity contribution in [1.82, 2.24) is 30.1 Å². The summed E-state index contributed by atoms with van der Waals surface area (Å²) in [5.41, 5.74) is 3.99. The first-order valence-electron chi connectivity index (χ1n) is 9.84. The van der Waals surface area contributed by atoms with E-state index in [9.17, 15) is 4.79 Å². The lowest BCUT2D eigenvalue weighted by Gasteiger charge is -2.07. The van der Waals surface area contributed by atoms with Gasteiger partial charge in [-0.25, -0.2) is 0 Å². The molecule has 3 aromatic heterocycles. The number of aryl methyl sites for hydroxylation is 2. The number of amides is 1. The Hall–Kier alpha value is -3.81. The molecule has 0 unspecified atom stereocenters. The van der Waals surface area contributed by atoms with E-state index >= 15 is 0 Å². The van der Waals surface area contributed by atoms with Gasteiger partial charge >= 0.3 is 0 Å². The monoisotopic (exact) mass is 401 g/mol. The summed E-state index contributed by atoms with van der Waals surface area (Å²) in [6, 6.07) is 15.7. The molecule has 0 aliphatic heterocycles. The normalized spacial score (nSPS) is 10.8. The Bertz CT molecular complexity index is 1120. The van der Waals surface area contributed by atoms with Gasteiger partial charge in [0.2, 0.25) is 5.91 Å². The number of carbonyl (C=O) groups excluding carboxylic acids is 1. The predicted molar refractivity (Wildman–Crippen MR) is 114 cm³/mol. The molecule has 2 N–H and O–H groups in total. The van der Waals surface area contributed by atoms with Crippen LogP contribution in [0.5, 0.6) is 0 Å². The summed E-state index contributed by atoms with van der Waals surface area (Å²) in [5.74, 6) is 1.33. The Morgan fingerprint density at radius 3 is 2.67 bits per heavy atom. The Morgan fingerprint density at radius 2 is 1.87 bits per heavy atom. The van der Waals surface area contributed by atoms with Crippen LogP contribution >= 0.6 is 0 Å². The molecule has 0 saturated heterocycles. The number of aromatic nitrogens is 5. The topological polar surface area (TPSA) is 97.1 Å². The fraction of sp³-hybridized carbons (Fsp3) is 0.227. The highest BCUT2D eigenvalue weighted by atomic mass is 16.1. The first kappa shape index (κ1) is 19.5. The van der Waals surface area contributed by atoms with E-state index in [-0.39, 0.29) is 5.91 Å². The third kappa shape index (κ3) is 4.96. The molecule has 0 fully saturated rings. The summed E-state index contributed by atoms with van der Waals surface area (Å²) >= 11 is 0. The second kappa shape index (κ2) is 9.13. The SMILES string of the molecule is Cc1ccc(CNC(=O)CCc2nnc3ccc(NCc4cccnc4)nn23)cc1. The van der Waals surface area contributed by atoms with Gasteiger partial charge in [-0.1, -0.05) is 35.9 Å². The van der Waals surface area contributed by atoms with Gasteiger partial charge in [0.15, 0.2) is 11.5 Å². The number of rotatable bonds is 8. The number of anilines is 1. The van der Waals surface area contributed by atoms with Crippen LogP contribution in [-0.4, -0.2) is 30.7 Å². The van der Waals surface area contributed by atoms with Crippen LogP contribution in [0.1, 0.15) is 28.9 Å². The smallest absolute Gasteiger partial charge is 0.220 e. The minimum Gasteiger partial charge on any atom is -0.364 e. The molecule has 1 amide bonds. The molecule has 0 bridgehead atoms. The summed E-state index contributed by atoms with van der Waals surface area (Å²) in [4.78, 5) is 16.3. The molecule has 0 radical (unpaired) electrons. The van der Waals surface area contributed by atoms with Crippen LogP contribution in [0, 0.1) is 6.92 Å². The zero-order valence-electron chi connectivity index (χ0n) is 16.7. The first-order valence-corrected chi connectivity index (χ1v) is 9.84. The maximum Gasteiger partial charge on any atom is 0.220 e. The van der Waals surface area contributed by atoms with Crippen LogP contribution in [-0.2, 0) is 24.3 Å². The highest BCUT2D eigenvalue weighted by Crippen LogP contribution is 2.10. The van der Waals surface area contributed by atoms with Gasteiger partial charge in [0.05, 0.1) is 0 Å². The van der Waals surface area contributed by atoms with Crippen LogP contribution in [0.2, 0.25) is 0 Å². The predicted octanol–water partition coefficient (Wildman–Crippen LogP) is 2.69. The number of carbonyl (C=O) groups is 1. The van der Waals surface area contributed by atoms with Crippen molar-refractivity contribution in [3.63, 3.8) is 0 Å². The van der Waals surface area contributed by atoms with E-state index in [1.165, 1.54) is 5.56 Å². The lowest BCUT2D eigenvalue weighted by Crippen LogP contribution is -2.23. The van der Waals surface area contributed by atoms with Crippen molar-refractivity contribution in [2.75, 3.05) is 5.32 Å². The molecule has 3 heterocycles. The van der Waals surface area contributed by atoms with E-state index in [4.69, 9.17) is 0 Å². The molecule has 4 rings (SSSR count). The number of hydrogen-bond donors (Lipinski definition) is 2. The largest absolute Gasteiger partial charge is 0.364 e. The molecule has 8 heteroatoms. The van der Waals surface area contributed by atoms with E-state index < -0.39 is 0 Å². The highest BCUT2D eigenvalue weighted by molar-refractivity contribution is 5.76. The van der Waals surface area contributed by atoms with Gasteiger partial charge in [0.25, 0.3) is 0 Å². The van der Waals surface area contributed by atoms with E-state index in [0.29, 0.717) is 43.2 Å². The minimum atomic E-state index is -0.0295. The highest BCUT2D eigenvalue weighted by Gasteiger charge is 2.10. The van der Waals surface area contributed by atoms with Gasteiger partial charge in [-0.2, -0.15) is 4.52 Å². The molecule has 8 nitrogen and oxygen atoms in total. The van der Waals surface area contributed by atoms with Crippen LogP contribution in [0.15, 0.2) is 60.9 Å². The van der Waals surface area contributed by atoms with Gasteiger partial charge < -0.3 is 10.6 Å². The van der Waals surface area contributed by atoms with Crippen LogP contribution in [0.25, 0.3) is 5.65 Å². The molecular weight excluding hydrogens is 378 g/mol. The van der Waals surface area contributed by atoms with Gasteiger partial charge in [-0.05, 0) is 36.2 Å². The molecule has 30 heavy (non-hydrogen) atoms. The number of nitrogens with one attached hydrogen (secondary N) is 2. The average Bonchev–Trinajstić information content (AvgIpc) is 3.19. The summed E-state index contributed by atoms with van der Waals surface area (Å²) in [7, 11) is 0. The lowest BCUT2D eigenvalue weighted by molar-refractivity contribution is -0.121. The Balaban J connectivity index is 1.34. The Morgan fingerprint density at radius 1 is 1.00 bits per heavy atom. The van der Waals surface area contributed by atoms with E-state index in [1.54, 1.807) is 10.7 Å². The maximum atomic E-state index is 12.2. The molecule has 152 valence electrons. The fourth-order valence-corrected chi connectivity index (χ4v) is 3.00. The van der Waals surface area contributed by atoms with Gasteiger partial charge in [0, 0.05) is 38.3 Å². The third-order valence-corrected chi connectivity index (χ3v) is 4.71. The number of nitrogens with zero attached hydrogens (tertiary/aromatic N) is 5. The van der Waals surface area contributed by atoms with E-state index in [0.717, 1.165) is 11.1 Å². The molecular formula is C22H23N7O. The van der Waals surface area contributed by atoms with Crippen molar-refractivity contribution in [1.29, 1.82) is 0 Å². The van der Waals surface area contributed by atoms with Crippen LogP contribution in [0.4, 0.5) is 5.82 Å². The van der Waals surface area contributed by atoms with E-state index in [2.05, 4.69) is 30.9 Å². The summed E-state index contributed by atoms with van der Waals surface area (Å²) in [5, 5.41) is 19.1. The first-order chi connectivity index (χ1) is 14.7. The Labute approximate surface area is 174 Å². The zero-order valence-corrected chi connectivity index (χ0v) is 16.7. The fourth-order valence-electron chi connectivity index (χ4n) is 3.00. The van der Waals surface area contributed by atoms with Crippen molar-refractivity contribution >= 4 is 17.4 Å². The summed E-state index contributed by atoms with van der Waals surface area (Å²) < 4.78 is 1.68. The zero-order chi connectivity index (χ0) is 20.8. The Kier molecular flexibility index (Phi) is 5.93. The molecule has 0 atom stereocenters. The minimum absolute atomic E-state index is 0.0295. The molecule has 0 spiro atoms. The lowest BCUT2D eigenvalue weighted by atomic mass is 10.1. The number of fused-ring (bicyclic) bond motifs is 1. The molecule has 1 aromatic carbocycles. The molecule has 0 saturated carbocycles. The van der Waals surface area contributed by atoms with Gasteiger partial charge in [-0.15, -0.1) is 15.3 Å². The molecule has 0 aliphatic rings.